The Balaban J connectivity index is 1.75. The van der Waals surface area contributed by atoms with E-state index in [1.165, 1.54) is 0 Å². The second kappa shape index (κ2) is 7.77. The van der Waals surface area contributed by atoms with Gasteiger partial charge in [-0.1, -0.05) is 6.07 Å². The first kappa shape index (κ1) is 16.9. The minimum absolute atomic E-state index is 0.361. The number of nitrogens with zero attached hydrogens (tertiary/aromatic N) is 2. The lowest BCUT2D eigenvalue weighted by Crippen LogP contribution is -2.30. The normalized spacial score (nSPS) is 17.6. The molecule has 2 aromatic rings. The van der Waals surface area contributed by atoms with Crippen molar-refractivity contribution in [3.05, 3.63) is 65.2 Å². The average molecular weight is 335 g/mol. The van der Waals surface area contributed by atoms with Gasteiger partial charge in [0.1, 0.15) is 0 Å². The highest BCUT2D eigenvalue weighted by atomic mass is 19.2. The Morgan fingerprint density at radius 2 is 1.88 bits per heavy atom. The Kier molecular flexibility index (Phi) is 5.48. The summed E-state index contributed by atoms with van der Waals surface area (Å²) in [5, 5.41) is 3.32. The second-order valence-corrected chi connectivity index (χ2v) is 6.26. The first-order valence-corrected chi connectivity index (χ1v) is 8.07. The van der Waals surface area contributed by atoms with E-state index < -0.39 is 17.5 Å². The number of aromatic nitrogens is 1. The Hall–Kier alpha value is -1.92. The van der Waals surface area contributed by atoms with E-state index in [-0.39, 0.29) is 0 Å². The lowest BCUT2D eigenvalue weighted by atomic mass is 10.1. The van der Waals surface area contributed by atoms with Gasteiger partial charge in [-0.15, -0.1) is 0 Å². The molecule has 128 valence electrons. The zero-order valence-corrected chi connectivity index (χ0v) is 13.3. The zero-order chi connectivity index (χ0) is 16.9. The molecule has 0 unspecified atom stereocenters. The molecule has 1 aliphatic heterocycles. The third kappa shape index (κ3) is 4.33. The van der Waals surface area contributed by atoms with Gasteiger partial charge in [0, 0.05) is 32.0 Å². The van der Waals surface area contributed by atoms with Crippen molar-refractivity contribution in [3.8, 4) is 0 Å². The molecule has 1 saturated heterocycles. The van der Waals surface area contributed by atoms with E-state index >= 15 is 0 Å². The third-order valence-electron chi connectivity index (χ3n) is 4.26. The first-order chi connectivity index (χ1) is 11.6. The van der Waals surface area contributed by atoms with Crippen LogP contribution in [0.3, 0.4) is 0 Å². The summed E-state index contributed by atoms with van der Waals surface area (Å²) in [6.45, 7) is 3.73. The van der Waals surface area contributed by atoms with Gasteiger partial charge in [0.05, 0.1) is 0 Å². The van der Waals surface area contributed by atoms with Crippen LogP contribution >= 0.6 is 0 Å². The molecule has 0 spiro atoms. The van der Waals surface area contributed by atoms with Crippen LogP contribution in [0.25, 0.3) is 0 Å². The molecular weight excluding hydrogens is 315 g/mol. The van der Waals surface area contributed by atoms with Crippen molar-refractivity contribution in [1.82, 2.24) is 15.2 Å². The molecule has 0 aliphatic carbocycles. The lowest BCUT2D eigenvalue weighted by Gasteiger charge is -2.25. The van der Waals surface area contributed by atoms with Crippen molar-refractivity contribution < 1.29 is 13.2 Å². The fourth-order valence-electron chi connectivity index (χ4n) is 3.13. The maximum atomic E-state index is 13.5. The monoisotopic (exact) mass is 335 g/mol. The van der Waals surface area contributed by atoms with Crippen molar-refractivity contribution in [1.29, 1.82) is 0 Å². The molecule has 0 amide bonds. The number of pyridine rings is 1. The Morgan fingerprint density at radius 3 is 2.50 bits per heavy atom. The van der Waals surface area contributed by atoms with Crippen molar-refractivity contribution in [3.63, 3.8) is 0 Å². The van der Waals surface area contributed by atoms with Gasteiger partial charge >= 0.3 is 0 Å². The van der Waals surface area contributed by atoms with Gasteiger partial charge in [-0.3, -0.25) is 9.88 Å². The quantitative estimate of drug-likeness (QED) is 0.822. The maximum absolute atomic E-state index is 13.5. The predicted octanol–water partition coefficient (Wildman–Crippen LogP) is 3.11. The van der Waals surface area contributed by atoms with Crippen molar-refractivity contribution in [2.45, 2.75) is 19.5 Å². The molecule has 1 N–H and O–H groups in total. The fourth-order valence-corrected chi connectivity index (χ4v) is 3.13. The molecule has 1 aliphatic rings. The van der Waals surface area contributed by atoms with E-state index in [9.17, 15) is 13.2 Å². The first-order valence-electron chi connectivity index (χ1n) is 8.07. The maximum Gasteiger partial charge on any atom is 0.194 e. The lowest BCUT2D eigenvalue weighted by molar-refractivity contribution is 0.219. The van der Waals surface area contributed by atoms with Gasteiger partial charge in [-0.2, -0.15) is 0 Å². The number of benzene rings is 1. The highest BCUT2D eigenvalue weighted by Gasteiger charge is 2.20. The average Bonchev–Trinajstić information content (AvgIpc) is 3.06. The van der Waals surface area contributed by atoms with Gasteiger partial charge in [0.2, 0.25) is 0 Å². The van der Waals surface area contributed by atoms with E-state index in [0.29, 0.717) is 24.6 Å². The van der Waals surface area contributed by atoms with E-state index in [4.69, 9.17) is 0 Å². The van der Waals surface area contributed by atoms with E-state index in [1.807, 2.05) is 12.1 Å². The number of nitrogens with one attached hydrogen (secondary N) is 1. The molecule has 1 atom stereocenters. The van der Waals surface area contributed by atoms with Gasteiger partial charge in [-0.25, -0.2) is 13.2 Å². The molecule has 0 saturated carbocycles. The second-order valence-electron chi connectivity index (χ2n) is 6.26. The minimum Gasteiger partial charge on any atom is -0.316 e. The SMILES string of the molecule is Fc1cc(CN(Cc2cccnc2)C[C@H]2CCNC2)cc(F)c1F. The van der Waals surface area contributed by atoms with E-state index in [2.05, 4.69) is 15.2 Å². The summed E-state index contributed by atoms with van der Waals surface area (Å²) in [5.74, 6) is -3.21. The van der Waals surface area contributed by atoms with Gasteiger partial charge in [-0.05, 0) is 54.8 Å². The summed E-state index contributed by atoms with van der Waals surface area (Å²) >= 11 is 0. The van der Waals surface area contributed by atoms with Crippen LogP contribution in [0.1, 0.15) is 17.5 Å². The molecule has 0 bridgehead atoms. The van der Waals surface area contributed by atoms with E-state index in [0.717, 1.165) is 43.8 Å². The topological polar surface area (TPSA) is 28.2 Å². The van der Waals surface area contributed by atoms with Crippen LogP contribution in [0.15, 0.2) is 36.7 Å². The zero-order valence-electron chi connectivity index (χ0n) is 13.3. The van der Waals surface area contributed by atoms with Crippen LogP contribution in [-0.4, -0.2) is 29.5 Å². The predicted molar refractivity (Wildman–Crippen MR) is 85.6 cm³/mol. The molecule has 3 nitrogen and oxygen atoms in total. The minimum atomic E-state index is -1.42. The molecule has 1 fully saturated rings. The molecule has 0 radical (unpaired) electrons. The molecule has 24 heavy (non-hydrogen) atoms. The summed E-state index contributed by atoms with van der Waals surface area (Å²) in [7, 11) is 0. The van der Waals surface area contributed by atoms with Crippen molar-refractivity contribution in [2.24, 2.45) is 5.92 Å². The summed E-state index contributed by atoms with van der Waals surface area (Å²) in [4.78, 5) is 6.23. The Labute approximate surface area is 139 Å². The van der Waals surface area contributed by atoms with E-state index in [1.54, 1.807) is 12.4 Å². The molecule has 1 aromatic carbocycles. The molecule has 2 heterocycles. The standard InChI is InChI=1S/C18H20F3N3/c19-16-6-15(7-17(20)18(16)21)12-24(11-14-3-5-23-9-14)10-13-2-1-4-22-8-13/h1-2,4,6-8,14,23H,3,5,9-12H2/t14-/m0/s1. The summed E-state index contributed by atoms with van der Waals surface area (Å²) in [6.07, 6.45) is 4.57. The number of rotatable bonds is 6. The molecule has 1 aromatic heterocycles. The highest BCUT2D eigenvalue weighted by molar-refractivity contribution is 5.20. The van der Waals surface area contributed by atoms with Crippen LogP contribution in [0.2, 0.25) is 0 Å². The highest BCUT2D eigenvalue weighted by Crippen LogP contribution is 2.18. The number of hydrogen-bond donors (Lipinski definition) is 1. The molecule has 3 rings (SSSR count). The van der Waals surface area contributed by atoms with Crippen LogP contribution in [0, 0.1) is 23.4 Å². The van der Waals surface area contributed by atoms with Gasteiger partial charge < -0.3 is 5.32 Å². The van der Waals surface area contributed by atoms with Crippen LogP contribution in [0.4, 0.5) is 13.2 Å². The van der Waals surface area contributed by atoms with Crippen molar-refractivity contribution >= 4 is 0 Å². The summed E-state index contributed by atoms with van der Waals surface area (Å²) < 4.78 is 40.1. The third-order valence-corrected chi connectivity index (χ3v) is 4.26. The van der Waals surface area contributed by atoms with Crippen LogP contribution in [0.5, 0.6) is 0 Å². The summed E-state index contributed by atoms with van der Waals surface area (Å²) in [5.41, 5.74) is 1.47. The Morgan fingerprint density at radius 1 is 1.12 bits per heavy atom. The van der Waals surface area contributed by atoms with Crippen LogP contribution in [-0.2, 0) is 13.1 Å². The largest absolute Gasteiger partial charge is 0.316 e. The number of hydrogen-bond acceptors (Lipinski definition) is 3. The smallest absolute Gasteiger partial charge is 0.194 e. The van der Waals surface area contributed by atoms with Gasteiger partial charge in [0.15, 0.2) is 17.5 Å². The van der Waals surface area contributed by atoms with Gasteiger partial charge in [0.25, 0.3) is 0 Å². The number of halogens is 3. The fraction of sp³-hybridized carbons (Fsp3) is 0.389. The summed E-state index contributed by atoms with van der Waals surface area (Å²) in [6, 6.07) is 5.98. The van der Waals surface area contributed by atoms with Crippen LogP contribution < -0.4 is 5.32 Å². The molecule has 6 heteroatoms. The molecular formula is C18H20F3N3. The Bertz CT molecular complexity index is 649. The van der Waals surface area contributed by atoms with Crippen molar-refractivity contribution in [2.75, 3.05) is 19.6 Å².